The summed E-state index contributed by atoms with van der Waals surface area (Å²) in [5.41, 5.74) is 0. The van der Waals surface area contributed by atoms with E-state index in [0.717, 1.165) is 25.7 Å². The first-order valence-electron chi connectivity index (χ1n) is 12.5. The van der Waals surface area contributed by atoms with E-state index in [9.17, 15) is 4.79 Å². The van der Waals surface area contributed by atoms with Gasteiger partial charge in [-0.05, 0) is 25.7 Å². The van der Waals surface area contributed by atoms with E-state index in [1.165, 1.54) is 101 Å². The SMILES string of the molecule is CCCCCCCCCCC(CCCCCCCCCC)OC(=O)n1ccnc1. The summed E-state index contributed by atoms with van der Waals surface area (Å²) in [6, 6.07) is 0. The molecule has 0 saturated heterocycles. The zero-order chi connectivity index (χ0) is 21.0. The van der Waals surface area contributed by atoms with E-state index in [2.05, 4.69) is 18.8 Å². The zero-order valence-electron chi connectivity index (χ0n) is 19.2. The van der Waals surface area contributed by atoms with E-state index in [4.69, 9.17) is 4.74 Å². The number of aromatic nitrogens is 2. The zero-order valence-corrected chi connectivity index (χ0v) is 19.2. The predicted octanol–water partition coefficient (Wildman–Crippen LogP) is 8.30. The normalized spacial score (nSPS) is 11.3. The van der Waals surface area contributed by atoms with E-state index in [0.29, 0.717) is 0 Å². The van der Waals surface area contributed by atoms with Gasteiger partial charge in [0.15, 0.2) is 0 Å². The van der Waals surface area contributed by atoms with Crippen molar-refractivity contribution in [2.45, 2.75) is 136 Å². The Bertz CT molecular complexity index is 453. The highest BCUT2D eigenvalue weighted by Gasteiger charge is 2.15. The smallest absolute Gasteiger partial charge is 0.419 e. The van der Waals surface area contributed by atoms with Crippen molar-refractivity contribution < 1.29 is 9.53 Å². The van der Waals surface area contributed by atoms with Crippen molar-refractivity contribution >= 4 is 6.09 Å². The summed E-state index contributed by atoms with van der Waals surface area (Å²) in [6.07, 6.45) is 27.5. The largest absolute Gasteiger partial charge is 0.446 e. The van der Waals surface area contributed by atoms with Crippen LogP contribution in [0, 0.1) is 0 Å². The standard InChI is InChI=1S/C25H46N2O2/c1-3-5-7-9-11-13-15-17-19-24(29-25(28)27-22-21-26-23-27)20-18-16-14-12-10-8-6-4-2/h21-24H,3-20H2,1-2H3. The maximum absolute atomic E-state index is 12.3. The molecule has 1 rings (SSSR count). The summed E-state index contributed by atoms with van der Waals surface area (Å²) in [6.45, 7) is 4.52. The fourth-order valence-corrected chi connectivity index (χ4v) is 3.84. The number of unbranched alkanes of at least 4 members (excludes halogenated alkanes) is 14. The molecule has 168 valence electrons. The number of carbonyl (C=O) groups excluding carboxylic acids is 1. The third kappa shape index (κ3) is 14.3. The molecule has 0 fully saturated rings. The molecule has 0 unspecified atom stereocenters. The highest BCUT2D eigenvalue weighted by molar-refractivity contribution is 5.70. The van der Waals surface area contributed by atoms with E-state index in [-0.39, 0.29) is 12.2 Å². The minimum atomic E-state index is -0.286. The summed E-state index contributed by atoms with van der Waals surface area (Å²) < 4.78 is 7.24. The summed E-state index contributed by atoms with van der Waals surface area (Å²) in [7, 11) is 0. The Balaban J connectivity index is 2.21. The Labute approximate surface area is 179 Å². The number of ether oxygens (including phenoxy) is 1. The quantitative estimate of drug-likeness (QED) is 0.217. The van der Waals surface area contributed by atoms with Gasteiger partial charge in [0, 0.05) is 12.4 Å². The van der Waals surface area contributed by atoms with Crippen LogP contribution in [0.4, 0.5) is 4.79 Å². The molecule has 0 radical (unpaired) electrons. The van der Waals surface area contributed by atoms with Gasteiger partial charge in [-0.15, -0.1) is 0 Å². The summed E-state index contributed by atoms with van der Waals surface area (Å²) in [4.78, 5) is 16.2. The Kier molecular flexibility index (Phi) is 16.6. The van der Waals surface area contributed by atoms with Crippen LogP contribution in [-0.4, -0.2) is 21.7 Å². The molecule has 0 aliphatic carbocycles. The maximum atomic E-state index is 12.3. The van der Waals surface area contributed by atoms with Crippen molar-refractivity contribution in [3.8, 4) is 0 Å². The number of rotatable bonds is 19. The lowest BCUT2D eigenvalue weighted by molar-refractivity contribution is 0.0852. The van der Waals surface area contributed by atoms with Crippen LogP contribution in [0.2, 0.25) is 0 Å². The fraction of sp³-hybridized carbons (Fsp3) is 0.840. The number of nitrogens with zero attached hydrogens (tertiary/aromatic N) is 2. The van der Waals surface area contributed by atoms with Crippen molar-refractivity contribution in [1.29, 1.82) is 0 Å². The molecular formula is C25H46N2O2. The Morgan fingerprint density at radius 2 is 1.21 bits per heavy atom. The molecule has 0 amide bonds. The van der Waals surface area contributed by atoms with Gasteiger partial charge in [-0.25, -0.2) is 14.3 Å². The molecule has 4 nitrogen and oxygen atoms in total. The summed E-state index contributed by atoms with van der Waals surface area (Å²) >= 11 is 0. The van der Waals surface area contributed by atoms with E-state index >= 15 is 0 Å². The van der Waals surface area contributed by atoms with Crippen LogP contribution >= 0.6 is 0 Å². The molecule has 0 aromatic carbocycles. The van der Waals surface area contributed by atoms with Crippen molar-refractivity contribution in [2.75, 3.05) is 0 Å². The van der Waals surface area contributed by atoms with Crippen molar-refractivity contribution in [2.24, 2.45) is 0 Å². The van der Waals surface area contributed by atoms with Crippen LogP contribution in [0.15, 0.2) is 18.7 Å². The minimum absolute atomic E-state index is 0.0464. The molecule has 1 aromatic rings. The van der Waals surface area contributed by atoms with Gasteiger partial charge in [-0.1, -0.05) is 104 Å². The van der Waals surface area contributed by atoms with Crippen LogP contribution in [-0.2, 0) is 4.74 Å². The highest BCUT2D eigenvalue weighted by atomic mass is 16.6. The number of imidazole rings is 1. The van der Waals surface area contributed by atoms with Crippen molar-refractivity contribution in [3.63, 3.8) is 0 Å². The summed E-state index contributed by atoms with van der Waals surface area (Å²) in [5, 5.41) is 0. The third-order valence-corrected chi connectivity index (χ3v) is 5.74. The van der Waals surface area contributed by atoms with Crippen molar-refractivity contribution in [1.82, 2.24) is 9.55 Å². The highest BCUT2D eigenvalue weighted by Crippen LogP contribution is 2.18. The molecule has 0 aliphatic rings. The first-order chi connectivity index (χ1) is 14.3. The maximum Gasteiger partial charge on any atom is 0.419 e. The Hall–Kier alpha value is -1.32. The Morgan fingerprint density at radius 3 is 1.62 bits per heavy atom. The van der Waals surface area contributed by atoms with E-state index in [1.54, 1.807) is 12.4 Å². The van der Waals surface area contributed by atoms with Gasteiger partial charge in [0.05, 0.1) is 0 Å². The fourth-order valence-electron chi connectivity index (χ4n) is 3.84. The Morgan fingerprint density at radius 1 is 0.759 bits per heavy atom. The van der Waals surface area contributed by atoms with Crippen LogP contribution in [0.1, 0.15) is 129 Å². The second kappa shape index (κ2) is 18.7. The average Bonchev–Trinajstić information content (AvgIpc) is 3.26. The number of hydrogen-bond donors (Lipinski definition) is 0. The molecule has 0 aliphatic heterocycles. The minimum Gasteiger partial charge on any atom is -0.446 e. The molecule has 0 spiro atoms. The molecule has 0 bridgehead atoms. The molecule has 0 N–H and O–H groups in total. The molecule has 1 heterocycles. The van der Waals surface area contributed by atoms with Crippen molar-refractivity contribution in [3.05, 3.63) is 18.7 Å². The van der Waals surface area contributed by atoms with Gasteiger partial charge >= 0.3 is 6.09 Å². The van der Waals surface area contributed by atoms with Crippen LogP contribution in [0.3, 0.4) is 0 Å². The predicted molar refractivity (Wildman–Crippen MR) is 122 cm³/mol. The topological polar surface area (TPSA) is 44.1 Å². The molecule has 0 saturated carbocycles. The molecule has 1 aromatic heterocycles. The van der Waals surface area contributed by atoms with Crippen LogP contribution < -0.4 is 0 Å². The van der Waals surface area contributed by atoms with E-state index in [1.807, 2.05) is 0 Å². The van der Waals surface area contributed by atoms with Gasteiger partial charge < -0.3 is 4.74 Å². The number of hydrogen-bond acceptors (Lipinski definition) is 3. The van der Waals surface area contributed by atoms with Crippen LogP contribution in [0.5, 0.6) is 0 Å². The lowest BCUT2D eigenvalue weighted by Crippen LogP contribution is -2.21. The van der Waals surface area contributed by atoms with Gasteiger partial charge in [0.1, 0.15) is 12.4 Å². The van der Waals surface area contributed by atoms with Gasteiger partial charge in [-0.3, -0.25) is 0 Å². The second-order valence-corrected chi connectivity index (χ2v) is 8.50. The lowest BCUT2D eigenvalue weighted by atomic mass is 10.0. The molecule has 0 atom stereocenters. The van der Waals surface area contributed by atoms with E-state index < -0.39 is 0 Å². The van der Waals surface area contributed by atoms with Gasteiger partial charge in [0.2, 0.25) is 0 Å². The number of carbonyl (C=O) groups is 1. The summed E-state index contributed by atoms with van der Waals surface area (Å²) in [5.74, 6) is 0. The first-order valence-corrected chi connectivity index (χ1v) is 12.5. The second-order valence-electron chi connectivity index (χ2n) is 8.50. The monoisotopic (exact) mass is 406 g/mol. The lowest BCUT2D eigenvalue weighted by Gasteiger charge is -2.18. The van der Waals surface area contributed by atoms with Gasteiger partial charge in [-0.2, -0.15) is 0 Å². The third-order valence-electron chi connectivity index (χ3n) is 5.74. The molecule has 29 heavy (non-hydrogen) atoms. The first kappa shape index (κ1) is 25.7. The molecular weight excluding hydrogens is 360 g/mol. The van der Waals surface area contributed by atoms with Crippen LogP contribution in [0.25, 0.3) is 0 Å². The average molecular weight is 407 g/mol. The van der Waals surface area contributed by atoms with Gasteiger partial charge in [0.25, 0.3) is 0 Å². The molecule has 4 heteroatoms.